The fraction of sp³-hybridized carbons (Fsp3) is 1.00. The number of sulfonamides is 1. The minimum atomic E-state index is -3.04. The van der Waals surface area contributed by atoms with E-state index in [0.717, 1.165) is 32.5 Å². The second kappa shape index (κ2) is 8.45. The molecule has 0 aromatic carbocycles. The first-order valence-electron chi connectivity index (χ1n) is 7.20. The average Bonchev–Trinajstić information content (AvgIpc) is 2.35. The van der Waals surface area contributed by atoms with Gasteiger partial charge < -0.3 is 4.90 Å². The summed E-state index contributed by atoms with van der Waals surface area (Å²) in [5, 5.41) is 0. The van der Waals surface area contributed by atoms with Gasteiger partial charge in [-0.2, -0.15) is 0 Å². The van der Waals surface area contributed by atoms with E-state index in [0.29, 0.717) is 24.9 Å². The Morgan fingerprint density at radius 2 is 2.11 bits per heavy atom. The Labute approximate surface area is 123 Å². The van der Waals surface area contributed by atoms with Crippen molar-refractivity contribution in [2.24, 2.45) is 5.92 Å². The molecule has 0 aromatic rings. The van der Waals surface area contributed by atoms with E-state index in [1.54, 1.807) is 4.31 Å². The summed E-state index contributed by atoms with van der Waals surface area (Å²) in [5.41, 5.74) is 0. The molecule has 1 heterocycles. The maximum atomic E-state index is 11.6. The molecule has 114 valence electrons. The zero-order valence-corrected chi connectivity index (χ0v) is 13.7. The van der Waals surface area contributed by atoms with E-state index in [2.05, 4.69) is 11.8 Å². The summed E-state index contributed by atoms with van der Waals surface area (Å²) in [4.78, 5) is 2.38. The molecule has 1 saturated heterocycles. The van der Waals surface area contributed by atoms with Gasteiger partial charge in [-0.05, 0) is 31.7 Å². The second-order valence-electron chi connectivity index (χ2n) is 5.47. The van der Waals surface area contributed by atoms with Gasteiger partial charge in [0.1, 0.15) is 0 Å². The van der Waals surface area contributed by atoms with Gasteiger partial charge in [0.05, 0.1) is 6.26 Å². The molecule has 0 spiro atoms. The van der Waals surface area contributed by atoms with Crippen LogP contribution in [0.3, 0.4) is 0 Å². The number of halogens is 1. The highest BCUT2D eigenvalue weighted by Crippen LogP contribution is 2.20. The van der Waals surface area contributed by atoms with E-state index in [9.17, 15) is 8.42 Å². The summed E-state index contributed by atoms with van der Waals surface area (Å²) in [6.07, 6.45) is 5.76. The first-order valence-corrected chi connectivity index (χ1v) is 9.59. The van der Waals surface area contributed by atoms with E-state index in [1.165, 1.54) is 19.1 Å². The fourth-order valence-corrected chi connectivity index (χ4v) is 3.82. The molecule has 19 heavy (non-hydrogen) atoms. The number of alkyl halides is 1. The molecule has 1 atom stereocenters. The quantitative estimate of drug-likeness (QED) is 0.644. The summed E-state index contributed by atoms with van der Waals surface area (Å²) >= 11 is 5.85. The highest BCUT2D eigenvalue weighted by Gasteiger charge is 2.26. The van der Waals surface area contributed by atoms with Crippen molar-refractivity contribution in [2.75, 3.05) is 44.9 Å². The summed E-state index contributed by atoms with van der Waals surface area (Å²) < 4.78 is 24.8. The van der Waals surface area contributed by atoms with Crippen molar-refractivity contribution in [2.45, 2.75) is 32.6 Å². The van der Waals surface area contributed by atoms with Crippen LogP contribution in [-0.2, 0) is 10.0 Å². The molecule has 0 amide bonds. The van der Waals surface area contributed by atoms with E-state index >= 15 is 0 Å². The van der Waals surface area contributed by atoms with Gasteiger partial charge in [0.15, 0.2) is 0 Å². The monoisotopic (exact) mass is 310 g/mol. The average molecular weight is 311 g/mol. The maximum Gasteiger partial charge on any atom is 0.211 e. The Morgan fingerprint density at radius 1 is 1.37 bits per heavy atom. The first kappa shape index (κ1) is 17.2. The molecule has 1 fully saturated rings. The van der Waals surface area contributed by atoms with Crippen LogP contribution in [-0.4, -0.2) is 62.5 Å². The van der Waals surface area contributed by atoms with Gasteiger partial charge in [0.2, 0.25) is 10.0 Å². The van der Waals surface area contributed by atoms with Gasteiger partial charge in [0.25, 0.3) is 0 Å². The van der Waals surface area contributed by atoms with Crippen LogP contribution in [0.5, 0.6) is 0 Å². The number of unbranched alkanes of at least 4 members (excludes halogenated alkanes) is 1. The van der Waals surface area contributed by atoms with Crippen LogP contribution < -0.4 is 0 Å². The molecule has 6 heteroatoms. The summed E-state index contributed by atoms with van der Waals surface area (Å²) in [7, 11) is -3.04. The third-order valence-corrected chi connectivity index (χ3v) is 5.13. The van der Waals surface area contributed by atoms with Crippen molar-refractivity contribution in [3.63, 3.8) is 0 Å². The van der Waals surface area contributed by atoms with Crippen LogP contribution in [0.4, 0.5) is 0 Å². The molecule has 0 aromatic heterocycles. The van der Waals surface area contributed by atoms with Gasteiger partial charge in [-0.1, -0.05) is 13.3 Å². The van der Waals surface area contributed by atoms with Crippen LogP contribution in [0, 0.1) is 5.92 Å². The topological polar surface area (TPSA) is 40.6 Å². The molecule has 4 nitrogen and oxygen atoms in total. The third kappa shape index (κ3) is 6.43. The maximum absolute atomic E-state index is 11.6. The zero-order valence-electron chi connectivity index (χ0n) is 12.1. The van der Waals surface area contributed by atoms with E-state index in [-0.39, 0.29) is 0 Å². The van der Waals surface area contributed by atoms with Crippen molar-refractivity contribution in [1.29, 1.82) is 0 Å². The highest BCUT2D eigenvalue weighted by molar-refractivity contribution is 7.88. The van der Waals surface area contributed by atoms with Gasteiger partial charge in [-0.15, -0.1) is 11.6 Å². The van der Waals surface area contributed by atoms with Gasteiger partial charge in [-0.25, -0.2) is 12.7 Å². The third-order valence-electron chi connectivity index (χ3n) is 3.70. The highest BCUT2D eigenvalue weighted by atomic mass is 35.5. The molecule has 1 unspecified atom stereocenters. The van der Waals surface area contributed by atoms with E-state index in [4.69, 9.17) is 11.6 Å². The number of nitrogens with zero attached hydrogens (tertiary/aromatic N) is 2. The Bertz CT molecular complexity index is 349. The Morgan fingerprint density at radius 3 is 2.68 bits per heavy atom. The summed E-state index contributed by atoms with van der Waals surface area (Å²) in [6.45, 7) is 6.47. The van der Waals surface area contributed by atoms with Crippen LogP contribution in [0.1, 0.15) is 32.6 Å². The van der Waals surface area contributed by atoms with Crippen LogP contribution >= 0.6 is 11.6 Å². The van der Waals surface area contributed by atoms with Crippen molar-refractivity contribution in [1.82, 2.24) is 9.21 Å². The first-order chi connectivity index (χ1) is 8.97. The molecule has 0 N–H and O–H groups in total. The molecular weight excluding hydrogens is 284 g/mol. The van der Waals surface area contributed by atoms with Gasteiger partial charge in [0, 0.05) is 32.1 Å². The fourth-order valence-electron chi connectivity index (χ4n) is 2.64. The SMILES string of the molecule is CCCCN(CCCl)CC1CCCN(S(C)(=O)=O)C1. The molecule has 0 saturated carbocycles. The lowest BCUT2D eigenvalue weighted by atomic mass is 9.99. The van der Waals surface area contributed by atoms with Crippen LogP contribution in [0.2, 0.25) is 0 Å². The van der Waals surface area contributed by atoms with Crippen molar-refractivity contribution in [3.8, 4) is 0 Å². The van der Waals surface area contributed by atoms with Gasteiger partial charge in [-0.3, -0.25) is 0 Å². The lowest BCUT2D eigenvalue weighted by molar-refractivity contribution is 0.183. The largest absolute Gasteiger partial charge is 0.302 e. The Kier molecular flexibility index (Phi) is 7.65. The van der Waals surface area contributed by atoms with Crippen LogP contribution in [0.25, 0.3) is 0 Å². The van der Waals surface area contributed by atoms with Crippen molar-refractivity contribution >= 4 is 21.6 Å². The molecular formula is C13H27ClN2O2S. The number of rotatable bonds is 8. The molecule has 0 aliphatic carbocycles. The molecule has 1 aliphatic rings. The lowest BCUT2D eigenvalue weighted by Gasteiger charge is -2.34. The van der Waals surface area contributed by atoms with Crippen molar-refractivity contribution in [3.05, 3.63) is 0 Å². The number of piperidine rings is 1. The molecule has 0 bridgehead atoms. The van der Waals surface area contributed by atoms with Crippen molar-refractivity contribution < 1.29 is 8.42 Å². The summed E-state index contributed by atoms with van der Waals surface area (Å²) in [6, 6.07) is 0. The molecule has 1 aliphatic heterocycles. The predicted octanol–water partition coefficient (Wildman–Crippen LogP) is 2.00. The Balaban J connectivity index is 2.49. The molecule has 1 rings (SSSR count). The summed E-state index contributed by atoms with van der Waals surface area (Å²) in [5.74, 6) is 1.09. The number of hydrogen-bond acceptors (Lipinski definition) is 3. The second-order valence-corrected chi connectivity index (χ2v) is 7.83. The minimum absolute atomic E-state index is 0.448. The smallest absolute Gasteiger partial charge is 0.211 e. The minimum Gasteiger partial charge on any atom is -0.302 e. The zero-order chi connectivity index (χ0) is 14.3. The van der Waals surface area contributed by atoms with Crippen LogP contribution in [0.15, 0.2) is 0 Å². The molecule has 0 radical (unpaired) electrons. The lowest BCUT2D eigenvalue weighted by Crippen LogP contribution is -2.43. The van der Waals surface area contributed by atoms with Gasteiger partial charge >= 0.3 is 0 Å². The van der Waals surface area contributed by atoms with E-state index < -0.39 is 10.0 Å². The Hall–Kier alpha value is 0.160. The predicted molar refractivity (Wildman–Crippen MR) is 81.2 cm³/mol. The standard InChI is InChI=1S/C13H27ClN2O2S/c1-3-4-8-15(10-7-14)11-13-6-5-9-16(12-13)19(2,17)18/h13H,3-12H2,1-2H3. The number of hydrogen-bond donors (Lipinski definition) is 0. The normalized spacial score (nSPS) is 22.0. The van der Waals surface area contributed by atoms with E-state index in [1.807, 2.05) is 0 Å².